The predicted molar refractivity (Wildman–Crippen MR) is 69.7 cm³/mol. The molecule has 0 radical (unpaired) electrons. The smallest absolute Gasteiger partial charge is 0.0597 e. The van der Waals surface area contributed by atoms with Crippen LogP contribution in [0.15, 0.2) is 36.4 Å². The molecule has 0 aliphatic carbocycles. The van der Waals surface area contributed by atoms with Crippen molar-refractivity contribution in [1.82, 2.24) is 9.78 Å². The first-order valence-corrected chi connectivity index (χ1v) is 6.04. The molecule has 0 bridgehead atoms. The van der Waals surface area contributed by atoms with Crippen LogP contribution in [0.5, 0.6) is 0 Å². The van der Waals surface area contributed by atoms with Gasteiger partial charge in [0.15, 0.2) is 0 Å². The number of hydrogen-bond donors (Lipinski definition) is 1. The SMILES string of the molecule is CCn1nc(C)cc1C(N)Cc1ccccc1. The number of benzene rings is 1. The van der Waals surface area contributed by atoms with Gasteiger partial charge in [-0.25, -0.2) is 0 Å². The minimum absolute atomic E-state index is 0.0125. The average Bonchev–Trinajstić information content (AvgIpc) is 2.72. The van der Waals surface area contributed by atoms with Crippen molar-refractivity contribution in [3.05, 3.63) is 53.3 Å². The van der Waals surface area contributed by atoms with E-state index in [2.05, 4.69) is 30.2 Å². The number of aromatic nitrogens is 2. The molecule has 1 heterocycles. The second-order valence-corrected chi connectivity index (χ2v) is 4.32. The molecule has 2 rings (SSSR count). The molecule has 3 nitrogen and oxygen atoms in total. The van der Waals surface area contributed by atoms with E-state index in [-0.39, 0.29) is 6.04 Å². The molecule has 2 N–H and O–H groups in total. The zero-order chi connectivity index (χ0) is 12.3. The Bertz CT molecular complexity index is 473. The normalized spacial score (nSPS) is 12.6. The highest BCUT2D eigenvalue weighted by Crippen LogP contribution is 2.17. The van der Waals surface area contributed by atoms with Gasteiger partial charge in [-0.05, 0) is 31.9 Å². The quantitative estimate of drug-likeness (QED) is 0.875. The van der Waals surface area contributed by atoms with Crippen LogP contribution < -0.4 is 5.73 Å². The fraction of sp³-hybridized carbons (Fsp3) is 0.357. The molecule has 0 amide bonds. The van der Waals surface area contributed by atoms with E-state index in [1.807, 2.05) is 29.8 Å². The Morgan fingerprint density at radius 2 is 2.00 bits per heavy atom. The fourth-order valence-corrected chi connectivity index (χ4v) is 2.09. The monoisotopic (exact) mass is 229 g/mol. The van der Waals surface area contributed by atoms with Crippen molar-refractivity contribution in [2.24, 2.45) is 5.73 Å². The second kappa shape index (κ2) is 5.15. The standard InChI is InChI=1S/C14H19N3/c1-3-17-14(9-11(2)16-17)13(15)10-12-7-5-4-6-8-12/h4-9,13H,3,10,15H2,1-2H3. The highest BCUT2D eigenvalue weighted by atomic mass is 15.3. The van der Waals surface area contributed by atoms with Crippen molar-refractivity contribution in [3.8, 4) is 0 Å². The molecule has 17 heavy (non-hydrogen) atoms. The summed E-state index contributed by atoms with van der Waals surface area (Å²) in [7, 11) is 0. The third-order valence-electron chi connectivity index (χ3n) is 2.91. The zero-order valence-electron chi connectivity index (χ0n) is 10.4. The van der Waals surface area contributed by atoms with Crippen LogP contribution in [0.25, 0.3) is 0 Å². The van der Waals surface area contributed by atoms with Crippen molar-refractivity contribution in [3.63, 3.8) is 0 Å². The van der Waals surface area contributed by atoms with Crippen LogP contribution in [0.4, 0.5) is 0 Å². The van der Waals surface area contributed by atoms with E-state index in [0.717, 1.165) is 24.4 Å². The largest absolute Gasteiger partial charge is 0.322 e. The second-order valence-electron chi connectivity index (χ2n) is 4.32. The predicted octanol–water partition coefficient (Wildman–Crippen LogP) is 2.45. The highest BCUT2D eigenvalue weighted by molar-refractivity contribution is 5.20. The Hall–Kier alpha value is -1.61. The van der Waals surface area contributed by atoms with Gasteiger partial charge in [0.1, 0.15) is 0 Å². The molecule has 1 aromatic carbocycles. The number of hydrogen-bond acceptors (Lipinski definition) is 2. The molecule has 1 aromatic heterocycles. The van der Waals surface area contributed by atoms with Gasteiger partial charge >= 0.3 is 0 Å². The molecular weight excluding hydrogens is 210 g/mol. The Balaban J connectivity index is 2.17. The van der Waals surface area contributed by atoms with Gasteiger partial charge in [0.2, 0.25) is 0 Å². The molecule has 1 unspecified atom stereocenters. The summed E-state index contributed by atoms with van der Waals surface area (Å²) in [6, 6.07) is 12.4. The summed E-state index contributed by atoms with van der Waals surface area (Å²) in [5.41, 5.74) is 9.67. The number of nitrogens with zero attached hydrogens (tertiary/aromatic N) is 2. The third kappa shape index (κ3) is 2.74. The van der Waals surface area contributed by atoms with Gasteiger partial charge in [-0.1, -0.05) is 30.3 Å². The van der Waals surface area contributed by atoms with E-state index >= 15 is 0 Å². The maximum atomic E-state index is 6.26. The van der Waals surface area contributed by atoms with Gasteiger partial charge in [-0.15, -0.1) is 0 Å². The van der Waals surface area contributed by atoms with Crippen LogP contribution in [0, 0.1) is 6.92 Å². The summed E-state index contributed by atoms with van der Waals surface area (Å²) < 4.78 is 1.99. The van der Waals surface area contributed by atoms with Crippen molar-refractivity contribution in [2.45, 2.75) is 32.9 Å². The molecule has 90 valence electrons. The molecule has 0 aliphatic rings. The first kappa shape index (κ1) is 11.9. The lowest BCUT2D eigenvalue weighted by Crippen LogP contribution is -2.18. The van der Waals surface area contributed by atoms with E-state index in [1.54, 1.807) is 0 Å². The lowest BCUT2D eigenvalue weighted by Gasteiger charge is -2.13. The maximum Gasteiger partial charge on any atom is 0.0597 e. The van der Waals surface area contributed by atoms with E-state index in [4.69, 9.17) is 5.73 Å². The summed E-state index contributed by atoms with van der Waals surface area (Å²) in [4.78, 5) is 0. The molecule has 3 heteroatoms. The molecule has 0 spiro atoms. The van der Waals surface area contributed by atoms with Gasteiger partial charge in [0.25, 0.3) is 0 Å². The highest BCUT2D eigenvalue weighted by Gasteiger charge is 2.13. The molecule has 0 saturated carbocycles. The lowest BCUT2D eigenvalue weighted by atomic mass is 10.0. The van der Waals surface area contributed by atoms with Crippen molar-refractivity contribution in [1.29, 1.82) is 0 Å². The molecule has 2 aromatic rings. The van der Waals surface area contributed by atoms with Crippen LogP contribution >= 0.6 is 0 Å². The number of rotatable bonds is 4. The van der Waals surface area contributed by atoms with Crippen molar-refractivity contribution < 1.29 is 0 Å². The summed E-state index contributed by atoms with van der Waals surface area (Å²) in [5.74, 6) is 0. The average molecular weight is 229 g/mol. The van der Waals surface area contributed by atoms with Crippen LogP contribution in [0.2, 0.25) is 0 Å². The van der Waals surface area contributed by atoms with Crippen LogP contribution in [0.3, 0.4) is 0 Å². The van der Waals surface area contributed by atoms with Crippen LogP contribution in [-0.2, 0) is 13.0 Å². The Labute approximate surface area is 102 Å². The topological polar surface area (TPSA) is 43.8 Å². The summed E-state index contributed by atoms with van der Waals surface area (Å²) in [6.07, 6.45) is 0.853. The first-order valence-electron chi connectivity index (χ1n) is 6.04. The third-order valence-corrected chi connectivity index (χ3v) is 2.91. The molecule has 0 saturated heterocycles. The van der Waals surface area contributed by atoms with Gasteiger partial charge < -0.3 is 5.73 Å². The zero-order valence-corrected chi connectivity index (χ0v) is 10.4. The number of aryl methyl sites for hydroxylation is 2. The van der Waals surface area contributed by atoms with Gasteiger partial charge in [-0.3, -0.25) is 4.68 Å². The fourth-order valence-electron chi connectivity index (χ4n) is 2.09. The van der Waals surface area contributed by atoms with E-state index < -0.39 is 0 Å². The van der Waals surface area contributed by atoms with Crippen LogP contribution in [-0.4, -0.2) is 9.78 Å². The Morgan fingerprint density at radius 3 is 2.65 bits per heavy atom. The summed E-state index contributed by atoms with van der Waals surface area (Å²) >= 11 is 0. The van der Waals surface area contributed by atoms with Gasteiger partial charge in [-0.2, -0.15) is 5.10 Å². The summed E-state index contributed by atoms with van der Waals surface area (Å²) in [5, 5.41) is 4.43. The number of nitrogens with two attached hydrogens (primary N) is 1. The van der Waals surface area contributed by atoms with E-state index in [9.17, 15) is 0 Å². The molecule has 0 fully saturated rings. The first-order chi connectivity index (χ1) is 8.20. The minimum Gasteiger partial charge on any atom is -0.322 e. The molecule has 0 aliphatic heterocycles. The lowest BCUT2D eigenvalue weighted by molar-refractivity contribution is 0.566. The Kier molecular flexibility index (Phi) is 3.59. The van der Waals surface area contributed by atoms with Crippen molar-refractivity contribution in [2.75, 3.05) is 0 Å². The van der Waals surface area contributed by atoms with Gasteiger partial charge in [0, 0.05) is 6.54 Å². The van der Waals surface area contributed by atoms with Crippen molar-refractivity contribution >= 4 is 0 Å². The van der Waals surface area contributed by atoms with Gasteiger partial charge in [0.05, 0.1) is 17.4 Å². The molecular formula is C14H19N3. The molecule has 1 atom stereocenters. The maximum absolute atomic E-state index is 6.26. The Morgan fingerprint density at radius 1 is 1.29 bits per heavy atom. The minimum atomic E-state index is 0.0125. The van der Waals surface area contributed by atoms with E-state index in [1.165, 1.54) is 5.56 Å². The van der Waals surface area contributed by atoms with E-state index in [0.29, 0.717) is 0 Å². The summed E-state index contributed by atoms with van der Waals surface area (Å²) in [6.45, 7) is 4.96. The van der Waals surface area contributed by atoms with Crippen LogP contribution in [0.1, 0.15) is 29.9 Å².